The van der Waals surface area contributed by atoms with E-state index in [1.165, 1.54) is 5.69 Å². The maximum absolute atomic E-state index is 10.0. The van der Waals surface area contributed by atoms with E-state index in [9.17, 15) is 5.26 Å². The summed E-state index contributed by atoms with van der Waals surface area (Å²) >= 11 is 0. The normalized spacial score (nSPS) is 13.5. The third-order valence-electron chi connectivity index (χ3n) is 5.88. The molecule has 1 aromatic heterocycles. The number of rotatable bonds is 6. The molecule has 0 amide bonds. The van der Waals surface area contributed by atoms with E-state index < -0.39 is 0 Å². The predicted molar refractivity (Wildman–Crippen MR) is 131 cm³/mol. The van der Waals surface area contributed by atoms with Crippen molar-refractivity contribution in [3.63, 3.8) is 0 Å². The highest BCUT2D eigenvalue weighted by Crippen LogP contribution is 2.41. The van der Waals surface area contributed by atoms with Gasteiger partial charge in [-0.15, -0.1) is 0 Å². The van der Waals surface area contributed by atoms with Crippen molar-refractivity contribution in [3.8, 4) is 28.5 Å². The summed E-state index contributed by atoms with van der Waals surface area (Å²) in [6.07, 6.45) is 0. The molecule has 0 atom stereocenters. The van der Waals surface area contributed by atoms with Crippen LogP contribution in [0.25, 0.3) is 22.5 Å². The van der Waals surface area contributed by atoms with Crippen LogP contribution in [0.15, 0.2) is 89.3 Å². The van der Waals surface area contributed by atoms with Crippen molar-refractivity contribution in [2.24, 2.45) is 0 Å². The largest absolute Gasteiger partial charge is 0.439 e. The number of nitrogens with one attached hydrogen (secondary N) is 1. The summed E-state index contributed by atoms with van der Waals surface area (Å²) in [5.74, 6) is 1.19. The lowest BCUT2D eigenvalue weighted by atomic mass is 9.98. The average molecular weight is 436 g/mol. The van der Waals surface area contributed by atoms with E-state index in [-0.39, 0.29) is 0 Å². The van der Waals surface area contributed by atoms with Gasteiger partial charge in [-0.1, -0.05) is 72.8 Å². The highest BCUT2D eigenvalue weighted by molar-refractivity contribution is 5.88. The smallest absolute Gasteiger partial charge is 0.212 e. The monoisotopic (exact) mass is 435 g/mol. The van der Waals surface area contributed by atoms with E-state index in [2.05, 4.69) is 40.6 Å². The molecule has 0 saturated carbocycles. The molecule has 0 spiro atoms. The minimum atomic E-state index is 0.493. The van der Waals surface area contributed by atoms with Crippen molar-refractivity contribution in [1.82, 2.24) is 0 Å². The van der Waals surface area contributed by atoms with Gasteiger partial charge in [-0.3, -0.25) is 0 Å². The Morgan fingerprint density at radius 3 is 2.09 bits per heavy atom. The Morgan fingerprint density at radius 2 is 1.45 bits per heavy atom. The Hall–Kier alpha value is -4.01. The van der Waals surface area contributed by atoms with E-state index in [0.29, 0.717) is 23.8 Å². The summed E-state index contributed by atoms with van der Waals surface area (Å²) in [6, 6.07) is 30.7. The maximum Gasteiger partial charge on any atom is 0.212 e. The van der Waals surface area contributed by atoms with Crippen molar-refractivity contribution >= 4 is 11.6 Å². The van der Waals surface area contributed by atoms with Gasteiger partial charge in [-0.25, -0.2) is 0 Å². The van der Waals surface area contributed by atoms with Gasteiger partial charge in [-0.05, 0) is 23.3 Å². The van der Waals surface area contributed by atoms with Gasteiger partial charge in [0.15, 0.2) is 0 Å². The van der Waals surface area contributed by atoms with Crippen LogP contribution in [0.4, 0.5) is 11.6 Å². The van der Waals surface area contributed by atoms with Crippen LogP contribution >= 0.6 is 0 Å². The molecule has 0 aliphatic carbocycles. The van der Waals surface area contributed by atoms with Crippen LogP contribution in [0.2, 0.25) is 0 Å². The fraction of sp³-hybridized carbons (Fsp3) is 0.179. The minimum Gasteiger partial charge on any atom is -0.439 e. The predicted octanol–water partition coefficient (Wildman–Crippen LogP) is 5.93. The topological polar surface area (TPSA) is 61.4 Å². The van der Waals surface area contributed by atoms with Crippen LogP contribution in [0, 0.1) is 11.3 Å². The first-order valence-corrected chi connectivity index (χ1v) is 11.2. The lowest BCUT2D eigenvalue weighted by Gasteiger charge is -2.28. The maximum atomic E-state index is 10.0. The molecule has 1 aliphatic rings. The SMILES string of the molecule is N#Cc1c(NCc2ccc(N3CCOCC3)cc2)oc(-c2ccccc2)c1-c1ccccc1. The average Bonchev–Trinajstić information content (AvgIpc) is 3.28. The summed E-state index contributed by atoms with van der Waals surface area (Å²) in [5.41, 5.74) is 5.56. The Kier molecular flexibility index (Phi) is 6.10. The lowest BCUT2D eigenvalue weighted by Crippen LogP contribution is -2.36. The molecule has 5 heteroatoms. The Morgan fingerprint density at radius 1 is 0.818 bits per heavy atom. The first kappa shape index (κ1) is 20.9. The molecule has 0 bridgehead atoms. The summed E-state index contributed by atoms with van der Waals surface area (Å²) < 4.78 is 11.7. The summed E-state index contributed by atoms with van der Waals surface area (Å²) in [7, 11) is 0. The minimum absolute atomic E-state index is 0.493. The van der Waals surface area contributed by atoms with Gasteiger partial charge in [0.2, 0.25) is 5.88 Å². The number of anilines is 2. The van der Waals surface area contributed by atoms with Crippen LogP contribution in [-0.4, -0.2) is 26.3 Å². The first-order valence-electron chi connectivity index (χ1n) is 11.2. The Bertz CT molecular complexity index is 1240. The molecule has 1 aliphatic heterocycles. The number of benzene rings is 3. The third-order valence-corrected chi connectivity index (χ3v) is 5.88. The fourth-order valence-corrected chi connectivity index (χ4v) is 4.16. The van der Waals surface area contributed by atoms with Gasteiger partial charge >= 0.3 is 0 Å². The summed E-state index contributed by atoms with van der Waals surface area (Å²) in [5, 5.41) is 13.4. The summed E-state index contributed by atoms with van der Waals surface area (Å²) in [4.78, 5) is 2.33. The number of morpholine rings is 1. The number of furan rings is 1. The number of hydrogen-bond acceptors (Lipinski definition) is 5. The second kappa shape index (κ2) is 9.64. The number of hydrogen-bond donors (Lipinski definition) is 1. The molecule has 164 valence electrons. The van der Waals surface area contributed by atoms with E-state index in [4.69, 9.17) is 9.15 Å². The van der Waals surface area contributed by atoms with Crippen LogP contribution in [0.5, 0.6) is 0 Å². The first-order chi connectivity index (χ1) is 16.3. The zero-order valence-electron chi connectivity index (χ0n) is 18.3. The van der Waals surface area contributed by atoms with E-state index in [0.717, 1.165) is 48.6 Å². The molecule has 1 fully saturated rings. The molecule has 0 radical (unpaired) electrons. The van der Waals surface area contributed by atoms with E-state index in [1.54, 1.807) is 0 Å². The van der Waals surface area contributed by atoms with Gasteiger partial charge in [0.05, 0.1) is 13.2 Å². The van der Waals surface area contributed by atoms with E-state index >= 15 is 0 Å². The lowest BCUT2D eigenvalue weighted by molar-refractivity contribution is 0.122. The molecule has 5 nitrogen and oxygen atoms in total. The molecule has 4 aromatic rings. The second-order valence-corrected chi connectivity index (χ2v) is 7.97. The van der Waals surface area contributed by atoms with Crippen molar-refractivity contribution in [2.75, 3.05) is 36.5 Å². The van der Waals surface area contributed by atoms with Crippen molar-refractivity contribution in [2.45, 2.75) is 6.54 Å². The molecule has 33 heavy (non-hydrogen) atoms. The highest BCUT2D eigenvalue weighted by Gasteiger charge is 2.22. The second-order valence-electron chi connectivity index (χ2n) is 7.97. The zero-order chi connectivity index (χ0) is 22.5. The fourth-order valence-electron chi connectivity index (χ4n) is 4.16. The van der Waals surface area contributed by atoms with Crippen LogP contribution in [-0.2, 0) is 11.3 Å². The highest BCUT2D eigenvalue weighted by atomic mass is 16.5. The molecular weight excluding hydrogens is 410 g/mol. The number of nitrogens with zero attached hydrogens (tertiary/aromatic N) is 2. The van der Waals surface area contributed by atoms with Crippen molar-refractivity contribution in [1.29, 1.82) is 5.26 Å². The standard InChI is InChI=1S/C28H25N3O2/c29-19-25-26(22-7-3-1-4-8-22)27(23-9-5-2-6-10-23)33-28(25)30-20-21-11-13-24(14-12-21)31-15-17-32-18-16-31/h1-14,30H,15-18,20H2. The number of ether oxygens (including phenoxy) is 1. The van der Waals surface area contributed by atoms with Crippen LogP contribution in [0.1, 0.15) is 11.1 Å². The molecule has 5 rings (SSSR count). The molecule has 1 saturated heterocycles. The Balaban J connectivity index is 1.43. The third kappa shape index (κ3) is 4.48. The van der Waals surface area contributed by atoms with Gasteiger partial charge in [0, 0.05) is 36.4 Å². The molecule has 0 unspecified atom stereocenters. The van der Waals surface area contributed by atoms with Crippen LogP contribution in [0.3, 0.4) is 0 Å². The quantitative estimate of drug-likeness (QED) is 0.406. The molecule has 1 N–H and O–H groups in total. The molecular formula is C28H25N3O2. The van der Waals surface area contributed by atoms with Crippen LogP contribution < -0.4 is 10.2 Å². The van der Waals surface area contributed by atoms with Crippen molar-refractivity contribution in [3.05, 3.63) is 96.1 Å². The Labute approximate surface area is 193 Å². The van der Waals surface area contributed by atoms with Gasteiger partial charge < -0.3 is 19.4 Å². The van der Waals surface area contributed by atoms with Gasteiger partial charge in [0.1, 0.15) is 17.4 Å². The molecule has 2 heterocycles. The van der Waals surface area contributed by atoms with Gasteiger partial charge in [0.25, 0.3) is 0 Å². The molecule has 3 aromatic carbocycles. The zero-order valence-corrected chi connectivity index (χ0v) is 18.3. The van der Waals surface area contributed by atoms with Crippen molar-refractivity contribution < 1.29 is 9.15 Å². The number of nitriles is 1. The van der Waals surface area contributed by atoms with Gasteiger partial charge in [-0.2, -0.15) is 5.26 Å². The van der Waals surface area contributed by atoms with E-state index in [1.807, 2.05) is 60.7 Å². The summed E-state index contributed by atoms with van der Waals surface area (Å²) in [6.45, 7) is 3.94.